The molecule has 1 heterocycles. The molecule has 2 aliphatic carbocycles. The summed E-state index contributed by atoms with van der Waals surface area (Å²) >= 11 is 0. The van der Waals surface area contributed by atoms with Crippen molar-refractivity contribution in [2.75, 3.05) is 13.1 Å². The topological polar surface area (TPSA) is 29.3 Å². The van der Waals surface area contributed by atoms with Gasteiger partial charge in [-0.25, -0.2) is 0 Å². The van der Waals surface area contributed by atoms with Crippen LogP contribution in [-0.2, 0) is 0 Å². The minimum Gasteiger partial charge on any atom is -0.328 e. The zero-order valence-electron chi connectivity index (χ0n) is 8.34. The second kappa shape index (κ2) is 2.71. The summed E-state index contributed by atoms with van der Waals surface area (Å²) in [5.41, 5.74) is 6.66. The first-order valence-electron chi connectivity index (χ1n) is 5.77. The Kier molecular flexibility index (Phi) is 1.72. The van der Waals surface area contributed by atoms with Crippen molar-refractivity contribution in [1.29, 1.82) is 0 Å². The van der Waals surface area contributed by atoms with Crippen molar-refractivity contribution < 1.29 is 0 Å². The van der Waals surface area contributed by atoms with E-state index in [0.29, 0.717) is 11.5 Å². The Labute approximate surface area is 80.5 Å². The molecule has 2 atom stereocenters. The van der Waals surface area contributed by atoms with Gasteiger partial charge >= 0.3 is 0 Å². The van der Waals surface area contributed by atoms with E-state index in [1.54, 1.807) is 0 Å². The van der Waals surface area contributed by atoms with Gasteiger partial charge in [0, 0.05) is 18.6 Å². The number of rotatable bonds is 1. The maximum Gasteiger partial charge on any atom is 0.00966 e. The van der Waals surface area contributed by atoms with Gasteiger partial charge in [0.1, 0.15) is 0 Å². The molecule has 0 unspecified atom stereocenters. The van der Waals surface area contributed by atoms with Crippen LogP contribution in [0.25, 0.3) is 0 Å². The van der Waals surface area contributed by atoms with Gasteiger partial charge in [-0.3, -0.25) is 4.90 Å². The Hall–Kier alpha value is -0.0800. The first-order valence-corrected chi connectivity index (χ1v) is 5.77. The molecule has 1 saturated heterocycles. The molecule has 2 N–H and O–H groups in total. The molecule has 3 fully saturated rings. The Bertz CT molecular complexity index is 212. The summed E-state index contributed by atoms with van der Waals surface area (Å²) in [5.74, 6) is 0. The molecule has 0 aromatic heterocycles. The van der Waals surface area contributed by atoms with E-state index < -0.39 is 0 Å². The van der Waals surface area contributed by atoms with Gasteiger partial charge < -0.3 is 5.73 Å². The number of likely N-dealkylation sites (tertiary alicyclic amines) is 1. The van der Waals surface area contributed by atoms with E-state index in [9.17, 15) is 0 Å². The highest BCUT2D eigenvalue weighted by Gasteiger charge is 2.46. The van der Waals surface area contributed by atoms with E-state index in [1.165, 1.54) is 51.6 Å². The largest absolute Gasteiger partial charge is 0.328 e. The van der Waals surface area contributed by atoms with Gasteiger partial charge in [-0.1, -0.05) is 0 Å². The third kappa shape index (κ3) is 1.40. The van der Waals surface area contributed by atoms with Gasteiger partial charge in [-0.2, -0.15) is 0 Å². The SMILES string of the molecule is N[C@H]1CC[C@@]2(CCN(C3CC3)C2)C1. The standard InChI is InChI=1S/C11H20N2/c12-9-3-4-11(7-9)5-6-13(8-11)10-1-2-10/h9-10H,1-8,12H2/t9-,11+/m0/s1. The zero-order chi connectivity index (χ0) is 8.89. The van der Waals surface area contributed by atoms with Crippen LogP contribution < -0.4 is 5.73 Å². The van der Waals surface area contributed by atoms with Gasteiger partial charge in [0.2, 0.25) is 0 Å². The van der Waals surface area contributed by atoms with Crippen molar-refractivity contribution in [3.63, 3.8) is 0 Å². The summed E-state index contributed by atoms with van der Waals surface area (Å²) in [7, 11) is 0. The maximum atomic E-state index is 6.01. The lowest BCUT2D eigenvalue weighted by molar-refractivity contribution is 0.253. The van der Waals surface area contributed by atoms with Crippen molar-refractivity contribution in [2.24, 2.45) is 11.1 Å². The molecular formula is C11H20N2. The van der Waals surface area contributed by atoms with Crippen LogP contribution in [0.5, 0.6) is 0 Å². The van der Waals surface area contributed by atoms with Crippen LogP contribution in [0.4, 0.5) is 0 Å². The van der Waals surface area contributed by atoms with E-state index in [2.05, 4.69) is 4.90 Å². The quantitative estimate of drug-likeness (QED) is 0.660. The molecule has 1 spiro atoms. The second-order valence-electron chi connectivity index (χ2n) is 5.45. The summed E-state index contributed by atoms with van der Waals surface area (Å²) < 4.78 is 0. The number of hydrogen-bond donors (Lipinski definition) is 1. The maximum absolute atomic E-state index is 6.01. The van der Waals surface area contributed by atoms with E-state index in [4.69, 9.17) is 5.73 Å². The predicted octanol–water partition coefficient (Wildman–Crippen LogP) is 1.35. The van der Waals surface area contributed by atoms with Crippen molar-refractivity contribution >= 4 is 0 Å². The smallest absolute Gasteiger partial charge is 0.00966 e. The fraction of sp³-hybridized carbons (Fsp3) is 1.00. The molecule has 2 heteroatoms. The number of hydrogen-bond acceptors (Lipinski definition) is 2. The fourth-order valence-electron chi connectivity index (χ4n) is 3.34. The van der Waals surface area contributed by atoms with Crippen LogP contribution in [0.15, 0.2) is 0 Å². The van der Waals surface area contributed by atoms with Crippen LogP contribution in [0, 0.1) is 5.41 Å². The van der Waals surface area contributed by atoms with Gasteiger partial charge in [-0.05, 0) is 50.5 Å². The first-order chi connectivity index (χ1) is 6.27. The van der Waals surface area contributed by atoms with E-state index in [0.717, 1.165) is 6.04 Å². The number of nitrogens with two attached hydrogens (primary N) is 1. The molecule has 0 aromatic carbocycles. The average Bonchev–Trinajstić information content (AvgIpc) is 2.80. The molecule has 0 radical (unpaired) electrons. The molecule has 3 rings (SSSR count). The minimum absolute atomic E-state index is 0.513. The lowest BCUT2D eigenvalue weighted by Crippen LogP contribution is -2.28. The summed E-state index contributed by atoms with van der Waals surface area (Å²) in [4.78, 5) is 2.72. The van der Waals surface area contributed by atoms with Crippen molar-refractivity contribution in [3.05, 3.63) is 0 Å². The molecule has 0 bridgehead atoms. The summed E-state index contributed by atoms with van der Waals surface area (Å²) in [5, 5.41) is 0. The molecule has 2 nitrogen and oxygen atoms in total. The molecule has 74 valence electrons. The van der Waals surface area contributed by atoms with Crippen molar-refractivity contribution in [1.82, 2.24) is 4.90 Å². The molecular weight excluding hydrogens is 160 g/mol. The molecule has 0 amide bonds. The molecule has 0 aromatic rings. The van der Waals surface area contributed by atoms with Crippen LogP contribution in [0.1, 0.15) is 38.5 Å². The second-order valence-corrected chi connectivity index (χ2v) is 5.45. The highest BCUT2D eigenvalue weighted by atomic mass is 15.2. The van der Waals surface area contributed by atoms with Crippen LogP contribution in [-0.4, -0.2) is 30.1 Å². The van der Waals surface area contributed by atoms with E-state index in [1.807, 2.05) is 0 Å². The normalized spacial score (nSPS) is 46.4. The average molecular weight is 180 g/mol. The Balaban J connectivity index is 1.66. The minimum atomic E-state index is 0.513. The van der Waals surface area contributed by atoms with E-state index >= 15 is 0 Å². The van der Waals surface area contributed by atoms with Crippen LogP contribution in [0.2, 0.25) is 0 Å². The monoisotopic (exact) mass is 180 g/mol. The lowest BCUT2D eigenvalue weighted by Gasteiger charge is -2.23. The summed E-state index contributed by atoms with van der Waals surface area (Å²) in [6.45, 7) is 2.72. The van der Waals surface area contributed by atoms with Gasteiger partial charge in [0.15, 0.2) is 0 Å². The van der Waals surface area contributed by atoms with Crippen molar-refractivity contribution in [2.45, 2.75) is 50.6 Å². The number of nitrogens with zero attached hydrogens (tertiary/aromatic N) is 1. The highest BCUT2D eigenvalue weighted by Crippen LogP contribution is 2.47. The van der Waals surface area contributed by atoms with E-state index in [-0.39, 0.29) is 0 Å². The molecule has 13 heavy (non-hydrogen) atoms. The fourth-order valence-corrected chi connectivity index (χ4v) is 3.34. The molecule has 3 aliphatic rings. The zero-order valence-corrected chi connectivity index (χ0v) is 8.34. The van der Waals surface area contributed by atoms with Gasteiger partial charge in [-0.15, -0.1) is 0 Å². The lowest BCUT2D eigenvalue weighted by atomic mass is 9.85. The highest BCUT2D eigenvalue weighted by molar-refractivity contribution is 5.00. The summed E-state index contributed by atoms with van der Waals surface area (Å²) in [6.07, 6.45) is 8.33. The Morgan fingerprint density at radius 1 is 1.15 bits per heavy atom. The van der Waals surface area contributed by atoms with Gasteiger partial charge in [0.25, 0.3) is 0 Å². The van der Waals surface area contributed by atoms with Crippen molar-refractivity contribution in [3.8, 4) is 0 Å². The third-order valence-electron chi connectivity index (χ3n) is 4.27. The molecule has 1 aliphatic heterocycles. The Morgan fingerprint density at radius 3 is 2.62 bits per heavy atom. The Morgan fingerprint density at radius 2 is 2.00 bits per heavy atom. The van der Waals surface area contributed by atoms with Gasteiger partial charge in [0.05, 0.1) is 0 Å². The molecule has 2 saturated carbocycles. The summed E-state index contributed by atoms with van der Waals surface area (Å²) in [6, 6.07) is 1.48. The van der Waals surface area contributed by atoms with Crippen LogP contribution in [0.3, 0.4) is 0 Å². The first kappa shape index (κ1) is 8.25. The third-order valence-corrected chi connectivity index (χ3v) is 4.27. The predicted molar refractivity (Wildman–Crippen MR) is 53.5 cm³/mol. The van der Waals surface area contributed by atoms with Crippen LogP contribution >= 0.6 is 0 Å².